The number of rotatable bonds is 2. The van der Waals surface area contributed by atoms with Gasteiger partial charge in [0.1, 0.15) is 6.04 Å². The minimum absolute atomic E-state index is 0.0513. The van der Waals surface area contributed by atoms with Crippen molar-refractivity contribution in [2.45, 2.75) is 19.9 Å². The van der Waals surface area contributed by atoms with Gasteiger partial charge in [-0.2, -0.15) is 0 Å². The Bertz CT molecular complexity index is 773. The number of aryl methyl sites for hydroxylation is 1. The van der Waals surface area contributed by atoms with Gasteiger partial charge in [0.05, 0.1) is 0 Å². The van der Waals surface area contributed by atoms with E-state index in [0.717, 1.165) is 15.7 Å². The maximum atomic E-state index is 12.7. The molecule has 1 aliphatic rings. The normalized spacial score (nSPS) is 18.0. The highest BCUT2D eigenvalue weighted by Gasteiger charge is 2.35. The molecule has 1 saturated heterocycles. The van der Waals surface area contributed by atoms with Crippen LogP contribution in [0.4, 0.5) is 5.69 Å². The number of benzene rings is 2. The van der Waals surface area contributed by atoms with Gasteiger partial charge in [-0.15, -0.1) is 0 Å². The third-order valence-corrected chi connectivity index (χ3v) is 4.85. The van der Waals surface area contributed by atoms with Crippen molar-refractivity contribution in [3.05, 3.63) is 64.1 Å². The molecule has 2 aromatic carbocycles. The predicted octanol–water partition coefficient (Wildman–Crippen LogP) is 3.64. The summed E-state index contributed by atoms with van der Waals surface area (Å²) < 4.78 is 0.972. The average molecular weight is 387 g/mol. The van der Waals surface area contributed by atoms with E-state index < -0.39 is 6.04 Å². The average Bonchev–Trinajstić information content (AvgIpc) is 2.58. The number of carbonyl (C=O) groups excluding carboxylic acids is 2. The van der Waals surface area contributed by atoms with E-state index in [-0.39, 0.29) is 11.8 Å². The van der Waals surface area contributed by atoms with Crippen LogP contribution >= 0.6 is 15.9 Å². The Labute approximate surface area is 150 Å². The van der Waals surface area contributed by atoms with Crippen LogP contribution in [0, 0.1) is 6.92 Å². The molecule has 2 amide bonds. The number of nitrogens with zero attached hydrogens (tertiary/aromatic N) is 2. The van der Waals surface area contributed by atoms with Crippen LogP contribution < -0.4 is 4.90 Å². The van der Waals surface area contributed by atoms with E-state index in [1.165, 1.54) is 0 Å². The number of hydrogen-bond acceptors (Lipinski definition) is 2. The molecule has 4 nitrogen and oxygen atoms in total. The summed E-state index contributed by atoms with van der Waals surface area (Å²) in [4.78, 5) is 28.9. The molecule has 0 radical (unpaired) electrons. The zero-order valence-corrected chi connectivity index (χ0v) is 15.3. The molecular formula is C19H19BrN2O2. The van der Waals surface area contributed by atoms with Crippen LogP contribution in [-0.4, -0.2) is 35.8 Å². The van der Waals surface area contributed by atoms with Crippen molar-refractivity contribution in [3.63, 3.8) is 0 Å². The highest BCUT2D eigenvalue weighted by molar-refractivity contribution is 9.10. The second-order valence-electron chi connectivity index (χ2n) is 6.01. The largest absolute Gasteiger partial charge is 0.325 e. The van der Waals surface area contributed by atoms with E-state index in [1.807, 2.05) is 49.4 Å². The third-order valence-electron chi connectivity index (χ3n) is 4.32. The van der Waals surface area contributed by atoms with Gasteiger partial charge in [0, 0.05) is 28.8 Å². The smallest absolute Gasteiger partial charge is 0.254 e. The van der Waals surface area contributed by atoms with Crippen molar-refractivity contribution in [2.24, 2.45) is 0 Å². The molecule has 3 rings (SSSR count). The van der Waals surface area contributed by atoms with E-state index in [2.05, 4.69) is 15.9 Å². The number of anilines is 1. The molecule has 0 spiro atoms. The Balaban J connectivity index is 1.79. The maximum absolute atomic E-state index is 12.7. The van der Waals surface area contributed by atoms with Crippen LogP contribution in [0.25, 0.3) is 0 Å². The van der Waals surface area contributed by atoms with Crippen LogP contribution in [0.3, 0.4) is 0 Å². The minimum Gasteiger partial charge on any atom is -0.325 e. The van der Waals surface area contributed by atoms with Crippen molar-refractivity contribution in [1.82, 2.24) is 4.90 Å². The third kappa shape index (κ3) is 3.22. The van der Waals surface area contributed by atoms with Crippen LogP contribution in [0.15, 0.2) is 53.0 Å². The Kier molecular flexibility index (Phi) is 4.71. The van der Waals surface area contributed by atoms with Gasteiger partial charge in [-0.25, -0.2) is 0 Å². The van der Waals surface area contributed by atoms with Gasteiger partial charge >= 0.3 is 0 Å². The SMILES string of the molecule is Cc1cccc(C(=O)N2CCN(c3ccc(Br)cc3)C(=O)C2C)c1. The zero-order chi connectivity index (χ0) is 17.3. The summed E-state index contributed by atoms with van der Waals surface area (Å²) >= 11 is 3.40. The maximum Gasteiger partial charge on any atom is 0.254 e. The van der Waals surface area contributed by atoms with E-state index >= 15 is 0 Å². The molecule has 0 bridgehead atoms. The Morgan fingerprint density at radius 2 is 1.83 bits per heavy atom. The summed E-state index contributed by atoms with van der Waals surface area (Å²) in [5.41, 5.74) is 2.53. The fourth-order valence-corrected chi connectivity index (χ4v) is 3.23. The standard InChI is InChI=1S/C19H19BrN2O2/c1-13-4-3-5-15(12-13)19(24)21-10-11-22(18(23)14(21)2)17-8-6-16(20)7-9-17/h3-9,12,14H,10-11H2,1-2H3. The lowest BCUT2D eigenvalue weighted by Crippen LogP contribution is -2.57. The van der Waals surface area contributed by atoms with Gasteiger partial charge in [0.25, 0.3) is 5.91 Å². The second-order valence-corrected chi connectivity index (χ2v) is 6.93. The molecule has 1 atom stereocenters. The first kappa shape index (κ1) is 16.7. The van der Waals surface area contributed by atoms with Crippen molar-refractivity contribution in [3.8, 4) is 0 Å². The molecule has 5 heteroatoms. The summed E-state index contributed by atoms with van der Waals surface area (Å²) in [5.74, 6) is -0.139. The predicted molar refractivity (Wildman–Crippen MR) is 98.2 cm³/mol. The Morgan fingerprint density at radius 3 is 2.50 bits per heavy atom. The lowest BCUT2D eigenvalue weighted by molar-refractivity contribution is -0.124. The van der Waals surface area contributed by atoms with Crippen LogP contribution in [0.1, 0.15) is 22.8 Å². The lowest BCUT2D eigenvalue weighted by atomic mass is 10.1. The minimum atomic E-state index is -0.476. The number of piperazine rings is 1. The molecular weight excluding hydrogens is 368 g/mol. The molecule has 124 valence electrons. The summed E-state index contributed by atoms with van der Waals surface area (Å²) in [6, 6.07) is 14.7. The van der Waals surface area contributed by atoms with Gasteiger partial charge in [-0.3, -0.25) is 9.59 Å². The summed E-state index contributed by atoms with van der Waals surface area (Å²) in [5, 5.41) is 0. The first-order chi connectivity index (χ1) is 11.5. The second kappa shape index (κ2) is 6.77. The molecule has 0 N–H and O–H groups in total. The van der Waals surface area contributed by atoms with E-state index in [4.69, 9.17) is 0 Å². The summed E-state index contributed by atoms with van der Waals surface area (Å²) in [6.07, 6.45) is 0. The van der Waals surface area contributed by atoms with Gasteiger partial charge in [0.15, 0.2) is 0 Å². The number of carbonyl (C=O) groups is 2. The van der Waals surface area contributed by atoms with Crippen LogP contribution in [0.5, 0.6) is 0 Å². The zero-order valence-electron chi connectivity index (χ0n) is 13.7. The lowest BCUT2D eigenvalue weighted by Gasteiger charge is -2.39. The highest BCUT2D eigenvalue weighted by atomic mass is 79.9. The summed E-state index contributed by atoms with van der Waals surface area (Å²) in [7, 11) is 0. The first-order valence-electron chi connectivity index (χ1n) is 7.92. The quantitative estimate of drug-likeness (QED) is 0.790. The Hall–Kier alpha value is -2.14. The van der Waals surface area contributed by atoms with Crippen molar-refractivity contribution in [2.75, 3.05) is 18.0 Å². The summed E-state index contributed by atoms with van der Waals surface area (Å²) in [6.45, 7) is 4.77. The van der Waals surface area contributed by atoms with E-state index in [0.29, 0.717) is 18.7 Å². The molecule has 1 heterocycles. The first-order valence-corrected chi connectivity index (χ1v) is 8.71. The van der Waals surface area contributed by atoms with Crippen LogP contribution in [-0.2, 0) is 4.79 Å². The topological polar surface area (TPSA) is 40.6 Å². The number of amides is 2. The molecule has 1 unspecified atom stereocenters. The van der Waals surface area contributed by atoms with Gasteiger partial charge < -0.3 is 9.80 Å². The Morgan fingerprint density at radius 1 is 1.12 bits per heavy atom. The van der Waals surface area contributed by atoms with Crippen molar-refractivity contribution in [1.29, 1.82) is 0 Å². The van der Waals surface area contributed by atoms with Crippen molar-refractivity contribution >= 4 is 33.4 Å². The fourth-order valence-electron chi connectivity index (χ4n) is 2.97. The molecule has 2 aromatic rings. The monoisotopic (exact) mass is 386 g/mol. The number of halogens is 1. The van der Waals surface area contributed by atoms with E-state index in [9.17, 15) is 9.59 Å². The molecule has 24 heavy (non-hydrogen) atoms. The van der Waals surface area contributed by atoms with Gasteiger partial charge in [0.2, 0.25) is 5.91 Å². The van der Waals surface area contributed by atoms with Gasteiger partial charge in [-0.05, 0) is 50.2 Å². The molecule has 0 aliphatic carbocycles. The van der Waals surface area contributed by atoms with Crippen molar-refractivity contribution < 1.29 is 9.59 Å². The molecule has 1 aliphatic heterocycles. The molecule has 1 fully saturated rings. The highest BCUT2D eigenvalue weighted by Crippen LogP contribution is 2.23. The van der Waals surface area contributed by atoms with Crippen LogP contribution in [0.2, 0.25) is 0 Å². The van der Waals surface area contributed by atoms with Gasteiger partial charge in [-0.1, -0.05) is 33.6 Å². The fraction of sp³-hybridized carbons (Fsp3) is 0.263. The van der Waals surface area contributed by atoms with E-state index in [1.54, 1.807) is 22.8 Å². The number of hydrogen-bond donors (Lipinski definition) is 0. The molecule has 0 saturated carbocycles. The molecule has 0 aromatic heterocycles.